The van der Waals surface area contributed by atoms with E-state index in [1.807, 2.05) is 11.8 Å². The molecule has 0 unspecified atom stereocenters. The zero-order valence-corrected chi connectivity index (χ0v) is 19.4. The van der Waals surface area contributed by atoms with E-state index in [9.17, 15) is 13.2 Å². The Bertz CT molecular complexity index is 1340. The largest absolute Gasteiger partial charge is 0.403 e. The summed E-state index contributed by atoms with van der Waals surface area (Å²) >= 11 is 0. The molecule has 11 heteroatoms. The second-order valence-electron chi connectivity index (χ2n) is 8.72. The number of fused-ring (bicyclic) bond motifs is 1. The topological polar surface area (TPSA) is 90.1 Å². The number of aromatic nitrogens is 5. The number of alkyl halides is 2. The first-order valence-corrected chi connectivity index (χ1v) is 11.3. The van der Waals surface area contributed by atoms with Crippen LogP contribution in [0.3, 0.4) is 0 Å². The third kappa shape index (κ3) is 3.80. The molecule has 1 fully saturated rings. The number of halogens is 3. The highest BCUT2D eigenvalue weighted by Crippen LogP contribution is 2.46. The molecule has 5 rings (SSSR count). The van der Waals surface area contributed by atoms with Crippen molar-refractivity contribution in [2.24, 2.45) is 10.7 Å². The molecule has 3 aromatic rings. The Morgan fingerprint density at radius 2 is 2.09 bits per heavy atom. The third-order valence-corrected chi connectivity index (χ3v) is 6.44. The van der Waals surface area contributed by atoms with Gasteiger partial charge in [-0.15, -0.1) is 10.2 Å². The first-order chi connectivity index (χ1) is 16.7. The molecule has 35 heavy (non-hydrogen) atoms. The van der Waals surface area contributed by atoms with Crippen LogP contribution in [0.5, 0.6) is 0 Å². The Labute approximate surface area is 200 Å². The minimum atomic E-state index is -2.73. The molecule has 2 N–H and O–H groups in total. The molecule has 0 radical (unpaired) electrons. The summed E-state index contributed by atoms with van der Waals surface area (Å²) in [7, 11) is 0. The maximum atomic E-state index is 13.9. The molecular weight excluding hydrogens is 457 g/mol. The van der Waals surface area contributed by atoms with Gasteiger partial charge >= 0.3 is 0 Å². The van der Waals surface area contributed by atoms with Crippen molar-refractivity contribution in [3.8, 4) is 11.4 Å². The Kier molecular flexibility index (Phi) is 5.49. The van der Waals surface area contributed by atoms with Gasteiger partial charge in [0.1, 0.15) is 29.0 Å². The van der Waals surface area contributed by atoms with Gasteiger partial charge in [-0.2, -0.15) is 0 Å². The first kappa shape index (κ1) is 22.9. The van der Waals surface area contributed by atoms with Gasteiger partial charge in [-0.1, -0.05) is 25.6 Å². The molecule has 3 heterocycles. The van der Waals surface area contributed by atoms with Crippen LogP contribution in [-0.4, -0.2) is 47.0 Å². The average molecular weight is 483 g/mol. The van der Waals surface area contributed by atoms with Crippen LogP contribution in [0.4, 0.5) is 13.2 Å². The number of aliphatic imine (C=N–C) groups is 1. The summed E-state index contributed by atoms with van der Waals surface area (Å²) in [5.41, 5.74) is 7.08. The summed E-state index contributed by atoms with van der Waals surface area (Å²) in [4.78, 5) is 11.0. The first-order valence-electron chi connectivity index (χ1n) is 11.3. The lowest BCUT2D eigenvalue weighted by atomic mass is 9.84. The quantitative estimate of drug-likeness (QED) is 0.581. The zero-order valence-electron chi connectivity index (χ0n) is 19.4. The van der Waals surface area contributed by atoms with Crippen molar-refractivity contribution in [2.45, 2.75) is 51.1 Å². The number of hydrogen-bond donors (Lipinski definition) is 1. The van der Waals surface area contributed by atoms with E-state index in [0.29, 0.717) is 41.0 Å². The Morgan fingerprint density at radius 1 is 1.31 bits per heavy atom. The number of aryl methyl sites for hydroxylation is 1. The number of rotatable bonds is 5. The lowest BCUT2D eigenvalue weighted by molar-refractivity contribution is -0.118. The van der Waals surface area contributed by atoms with E-state index in [0.717, 1.165) is 0 Å². The predicted molar refractivity (Wildman–Crippen MR) is 126 cm³/mol. The monoisotopic (exact) mass is 482 g/mol. The van der Waals surface area contributed by atoms with Crippen molar-refractivity contribution in [2.75, 3.05) is 0 Å². The lowest BCUT2D eigenvalue weighted by Gasteiger charge is -2.49. The van der Waals surface area contributed by atoms with Crippen LogP contribution in [0.2, 0.25) is 0 Å². The number of benzene rings is 1. The van der Waals surface area contributed by atoms with Gasteiger partial charge in [-0.25, -0.2) is 23.1 Å². The Morgan fingerprint density at radius 3 is 2.74 bits per heavy atom. The molecule has 1 atom stereocenters. The van der Waals surface area contributed by atoms with Crippen LogP contribution in [0, 0.1) is 12.7 Å². The fourth-order valence-electron chi connectivity index (χ4n) is 4.82. The molecule has 182 valence electrons. The van der Waals surface area contributed by atoms with Gasteiger partial charge in [0.2, 0.25) is 0 Å². The van der Waals surface area contributed by atoms with Crippen LogP contribution in [0.15, 0.2) is 54.4 Å². The number of imidazole rings is 1. The van der Waals surface area contributed by atoms with Crippen LogP contribution in [0.25, 0.3) is 22.9 Å². The van der Waals surface area contributed by atoms with E-state index in [1.165, 1.54) is 18.3 Å². The standard InChI is InChI=1S/C24H25F3N8/c1-4-19-23-32-31-15(3)34(23)20(13-28)22(35(19)18-11-24(26,27)12-18)30-14(2)33-9-8-29-21(33)16-6-5-7-17(25)10-16/h5-10,13,18-19H,2,4,11-12,28H2,1,3H3/b20-13+,30-22+/t19-/m1/s1. The van der Waals surface area contributed by atoms with Gasteiger partial charge in [0.25, 0.3) is 5.92 Å². The summed E-state index contributed by atoms with van der Waals surface area (Å²) in [6.45, 7) is 7.87. The number of hydrogen-bond acceptors (Lipinski definition) is 5. The molecule has 0 bridgehead atoms. The second kappa shape index (κ2) is 8.40. The van der Waals surface area contributed by atoms with Crippen molar-refractivity contribution in [1.29, 1.82) is 0 Å². The number of nitrogens with two attached hydrogens (primary N) is 1. The van der Waals surface area contributed by atoms with Crippen molar-refractivity contribution in [3.63, 3.8) is 0 Å². The molecule has 2 aromatic heterocycles. The fraction of sp³-hybridized carbons (Fsp3) is 0.333. The van der Waals surface area contributed by atoms with E-state index >= 15 is 0 Å². The summed E-state index contributed by atoms with van der Waals surface area (Å²) in [6.07, 6.45) is 4.62. The van der Waals surface area contributed by atoms with E-state index in [1.54, 1.807) is 40.6 Å². The molecule has 0 amide bonds. The molecule has 0 spiro atoms. The van der Waals surface area contributed by atoms with E-state index in [4.69, 9.17) is 10.7 Å². The van der Waals surface area contributed by atoms with Gasteiger partial charge in [-0.3, -0.25) is 9.13 Å². The minimum absolute atomic E-state index is 0.274. The molecule has 8 nitrogen and oxygen atoms in total. The Hall–Kier alpha value is -3.89. The SMILES string of the molecule is C=C(/N=C1\C(=C/N)n2c(C)nnc2[C@@H](CC)N1C1CC(F)(F)C1)n1ccnc1-c1cccc(F)c1. The maximum absolute atomic E-state index is 13.9. The highest BCUT2D eigenvalue weighted by molar-refractivity contribution is 6.19. The van der Waals surface area contributed by atoms with Gasteiger partial charge < -0.3 is 10.6 Å². The Balaban J connectivity index is 1.62. The molecule has 2 aliphatic rings. The van der Waals surface area contributed by atoms with Gasteiger partial charge in [0, 0.05) is 43.0 Å². The summed E-state index contributed by atoms with van der Waals surface area (Å²) in [5, 5.41) is 8.52. The molecular formula is C24H25F3N8. The fourth-order valence-corrected chi connectivity index (χ4v) is 4.82. The molecule has 1 aliphatic heterocycles. The summed E-state index contributed by atoms with van der Waals surface area (Å²) < 4.78 is 45.2. The third-order valence-electron chi connectivity index (χ3n) is 6.44. The number of nitrogens with zero attached hydrogens (tertiary/aromatic N) is 7. The molecule has 0 saturated heterocycles. The minimum Gasteiger partial charge on any atom is -0.403 e. The normalized spacial score (nSPS) is 21.9. The van der Waals surface area contributed by atoms with Crippen LogP contribution in [0.1, 0.15) is 43.9 Å². The van der Waals surface area contributed by atoms with Gasteiger partial charge in [-0.05, 0) is 25.5 Å². The van der Waals surface area contributed by atoms with E-state index in [-0.39, 0.29) is 24.7 Å². The zero-order chi connectivity index (χ0) is 24.9. The highest BCUT2D eigenvalue weighted by atomic mass is 19.3. The van der Waals surface area contributed by atoms with E-state index < -0.39 is 17.8 Å². The van der Waals surface area contributed by atoms with Crippen LogP contribution in [-0.2, 0) is 0 Å². The average Bonchev–Trinajstić information content (AvgIpc) is 3.44. The van der Waals surface area contributed by atoms with Gasteiger partial charge in [0.05, 0.1) is 6.04 Å². The van der Waals surface area contributed by atoms with E-state index in [2.05, 4.69) is 21.8 Å². The maximum Gasteiger partial charge on any atom is 0.252 e. The van der Waals surface area contributed by atoms with Crippen molar-refractivity contribution in [3.05, 3.63) is 66.9 Å². The van der Waals surface area contributed by atoms with Gasteiger partial charge in [0.15, 0.2) is 11.7 Å². The molecule has 1 aliphatic carbocycles. The molecule has 1 aromatic carbocycles. The van der Waals surface area contributed by atoms with Crippen molar-refractivity contribution >= 4 is 17.4 Å². The predicted octanol–water partition coefficient (Wildman–Crippen LogP) is 4.44. The van der Waals surface area contributed by atoms with Crippen molar-refractivity contribution in [1.82, 2.24) is 29.2 Å². The van der Waals surface area contributed by atoms with Crippen molar-refractivity contribution < 1.29 is 13.2 Å². The highest BCUT2D eigenvalue weighted by Gasteiger charge is 2.52. The summed E-state index contributed by atoms with van der Waals surface area (Å²) in [5.74, 6) is -0.765. The number of amidine groups is 1. The lowest BCUT2D eigenvalue weighted by Crippen LogP contribution is -2.56. The van der Waals surface area contributed by atoms with Crippen LogP contribution >= 0.6 is 0 Å². The smallest absolute Gasteiger partial charge is 0.252 e. The molecule has 1 saturated carbocycles. The second-order valence-corrected chi connectivity index (χ2v) is 8.72. The summed E-state index contributed by atoms with van der Waals surface area (Å²) in [6, 6.07) is 5.27. The van der Waals surface area contributed by atoms with Crippen LogP contribution < -0.4 is 5.73 Å².